The highest BCUT2D eigenvalue weighted by atomic mass is 16.5. The number of benzene rings is 1. The third-order valence-corrected chi connectivity index (χ3v) is 2.47. The molecule has 0 aliphatic carbocycles. The standard InChI is InChI=1S/C13H21NO/c1-10-6-11(2)8-12(7-10)9-13(14)4-5-15-3/h6-8,13H,4-5,9,14H2,1-3H3. The van der Waals surface area contributed by atoms with Crippen LogP contribution in [-0.2, 0) is 11.2 Å². The van der Waals surface area contributed by atoms with E-state index in [1.807, 2.05) is 0 Å². The summed E-state index contributed by atoms with van der Waals surface area (Å²) in [6.07, 6.45) is 1.86. The van der Waals surface area contributed by atoms with Crippen LogP contribution in [0.2, 0.25) is 0 Å². The van der Waals surface area contributed by atoms with Crippen LogP contribution in [0.1, 0.15) is 23.1 Å². The molecule has 0 bridgehead atoms. The van der Waals surface area contributed by atoms with Crippen LogP contribution < -0.4 is 5.73 Å². The first kappa shape index (κ1) is 12.2. The lowest BCUT2D eigenvalue weighted by Gasteiger charge is -2.12. The summed E-state index contributed by atoms with van der Waals surface area (Å²) in [4.78, 5) is 0. The fourth-order valence-electron chi connectivity index (χ4n) is 1.86. The van der Waals surface area contributed by atoms with E-state index in [1.165, 1.54) is 16.7 Å². The minimum Gasteiger partial charge on any atom is -0.385 e. The van der Waals surface area contributed by atoms with Gasteiger partial charge in [-0.25, -0.2) is 0 Å². The van der Waals surface area contributed by atoms with Gasteiger partial charge in [0.15, 0.2) is 0 Å². The number of hydrogen-bond donors (Lipinski definition) is 1. The smallest absolute Gasteiger partial charge is 0.0477 e. The van der Waals surface area contributed by atoms with Crippen molar-refractivity contribution in [2.24, 2.45) is 5.73 Å². The average molecular weight is 207 g/mol. The third-order valence-electron chi connectivity index (χ3n) is 2.47. The lowest BCUT2D eigenvalue weighted by Crippen LogP contribution is -2.24. The van der Waals surface area contributed by atoms with Crippen molar-refractivity contribution in [3.63, 3.8) is 0 Å². The van der Waals surface area contributed by atoms with Gasteiger partial charge in [0, 0.05) is 19.8 Å². The molecular formula is C13H21NO. The van der Waals surface area contributed by atoms with E-state index in [2.05, 4.69) is 32.0 Å². The summed E-state index contributed by atoms with van der Waals surface area (Å²) < 4.78 is 5.02. The van der Waals surface area contributed by atoms with Gasteiger partial charge in [-0.3, -0.25) is 0 Å². The predicted octanol–water partition coefficient (Wildman–Crippen LogP) is 2.21. The SMILES string of the molecule is COCCC(N)Cc1cc(C)cc(C)c1. The predicted molar refractivity (Wildman–Crippen MR) is 64.1 cm³/mol. The largest absolute Gasteiger partial charge is 0.385 e. The van der Waals surface area contributed by atoms with Gasteiger partial charge in [0.1, 0.15) is 0 Å². The van der Waals surface area contributed by atoms with E-state index in [0.29, 0.717) is 0 Å². The Morgan fingerprint density at radius 1 is 1.20 bits per heavy atom. The second kappa shape index (κ2) is 5.89. The van der Waals surface area contributed by atoms with Gasteiger partial charge in [-0.2, -0.15) is 0 Å². The van der Waals surface area contributed by atoms with E-state index in [-0.39, 0.29) is 6.04 Å². The highest BCUT2D eigenvalue weighted by Crippen LogP contribution is 2.11. The van der Waals surface area contributed by atoms with Gasteiger partial charge in [-0.1, -0.05) is 29.3 Å². The monoisotopic (exact) mass is 207 g/mol. The molecule has 2 heteroatoms. The van der Waals surface area contributed by atoms with Crippen molar-refractivity contribution in [2.45, 2.75) is 32.7 Å². The Kier molecular flexibility index (Phi) is 4.79. The van der Waals surface area contributed by atoms with E-state index < -0.39 is 0 Å². The van der Waals surface area contributed by atoms with Gasteiger partial charge >= 0.3 is 0 Å². The number of methoxy groups -OCH3 is 1. The first-order chi connectivity index (χ1) is 7.11. The van der Waals surface area contributed by atoms with Gasteiger partial charge in [0.05, 0.1) is 0 Å². The average Bonchev–Trinajstić information content (AvgIpc) is 2.13. The van der Waals surface area contributed by atoms with Crippen LogP contribution in [0, 0.1) is 13.8 Å². The lowest BCUT2D eigenvalue weighted by molar-refractivity contribution is 0.188. The highest BCUT2D eigenvalue weighted by Gasteiger charge is 2.04. The molecule has 0 saturated carbocycles. The molecule has 2 nitrogen and oxygen atoms in total. The molecule has 1 aromatic carbocycles. The van der Waals surface area contributed by atoms with Crippen molar-refractivity contribution in [3.8, 4) is 0 Å². The Labute approximate surface area is 92.4 Å². The number of ether oxygens (including phenoxy) is 1. The van der Waals surface area contributed by atoms with Crippen molar-refractivity contribution < 1.29 is 4.74 Å². The summed E-state index contributed by atoms with van der Waals surface area (Å²) >= 11 is 0. The molecule has 0 fully saturated rings. The Balaban J connectivity index is 2.56. The quantitative estimate of drug-likeness (QED) is 0.803. The second-order valence-electron chi connectivity index (χ2n) is 4.24. The molecule has 1 rings (SSSR count). The molecule has 1 atom stereocenters. The summed E-state index contributed by atoms with van der Waals surface area (Å²) in [6.45, 7) is 4.99. The van der Waals surface area contributed by atoms with Gasteiger partial charge in [-0.05, 0) is 32.3 Å². The second-order valence-corrected chi connectivity index (χ2v) is 4.24. The van der Waals surface area contributed by atoms with Crippen LogP contribution in [0.15, 0.2) is 18.2 Å². The van der Waals surface area contributed by atoms with E-state index in [9.17, 15) is 0 Å². The zero-order valence-corrected chi connectivity index (χ0v) is 9.92. The maximum absolute atomic E-state index is 6.01. The van der Waals surface area contributed by atoms with Gasteiger partial charge in [-0.15, -0.1) is 0 Å². The summed E-state index contributed by atoms with van der Waals surface area (Å²) in [5.74, 6) is 0. The molecule has 0 aliphatic heterocycles. The van der Waals surface area contributed by atoms with Crippen molar-refractivity contribution in [3.05, 3.63) is 34.9 Å². The molecule has 0 heterocycles. The fraction of sp³-hybridized carbons (Fsp3) is 0.538. The highest BCUT2D eigenvalue weighted by molar-refractivity contribution is 5.29. The summed E-state index contributed by atoms with van der Waals surface area (Å²) in [5.41, 5.74) is 9.96. The minimum absolute atomic E-state index is 0.200. The first-order valence-electron chi connectivity index (χ1n) is 5.43. The summed E-state index contributed by atoms with van der Waals surface area (Å²) in [7, 11) is 1.71. The zero-order valence-electron chi connectivity index (χ0n) is 9.92. The number of nitrogens with two attached hydrogens (primary N) is 1. The number of aryl methyl sites for hydroxylation is 2. The Morgan fingerprint density at radius 3 is 2.33 bits per heavy atom. The molecule has 0 spiro atoms. The molecule has 1 aromatic rings. The van der Waals surface area contributed by atoms with E-state index in [4.69, 9.17) is 10.5 Å². The van der Waals surface area contributed by atoms with Gasteiger partial charge in [0.2, 0.25) is 0 Å². The van der Waals surface area contributed by atoms with Crippen molar-refractivity contribution in [1.82, 2.24) is 0 Å². The molecule has 15 heavy (non-hydrogen) atoms. The molecule has 0 amide bonds. The van der Waals surface area contributed by atoms with Crippen LogP contribution in [0.4, 0.5) is 0 Å². The lowest BCUT2D eigenvalue weighted by atomic mass is 10.0. The molecule has 0 aromatic heterocycles. The minimum atomic E-state index is 0.200. The van der Waals surface area contributed by atoms with Gasteiger partial charge in [0.25, 0.3) is 0 Å². The van der Waals surface area contributed by atoms with Crippen LogP contribution in [-0.4, -0.2) is 19.8 Å². The van der Waals surface area contributed by atoms with Crippen molar-refractivity contribution in [1.29, 1.82) is 0 Å². The molecular weight excluding hydrogens is 186 g/mol. The number of hydrogen-bond acceptors (Lipinski definition) is 2. The third kappa shape index (κ3) is 4.45. The zero-order chi connectivity index (χ0) is 11.3. The summed E-state index contributed by atoms with van der Waals surface area (Å²) in [5, 5.41) is 0. The maximum atomic E-state index is 6.01. The van der Waals surface area contributed by atoms with Crippen LogP contribution >= 0.6 is 0 Å². The van der Waals surface area contributed by atoms with Crippen molar-refractivity contribution in [2.75, 3.05) is 13.7 Å². The van der Waals surface area contributed by atoms with Crippen LogP contribution in [0.25, 0.3) is 0 Å². The van der Waals surface area contributed by atoms with Crippen molar-refractivity contribution >= 4 is 0 Å². The fourth-order valence-corrected chi connectivity index (χ4v) is 1.86. The molecule has 2 N–H and O–H groups in total. The molecule has 0 saturated heterocycles. The summed E-state index contributed by atoms with van der Waals surface area (Å²) in [6, 6.07) is 6.80. The van der Waals surface area contributed by atoms with E-state index >= 15 is 0 Å². The molecule has 0 radical (unpaired) electrons. The van der Waals surface area contributed by atoms with Gasteiger partial charge < -0.3 is 10.5 Å². The Hall–Kier alpha value is -0.860. The maximum Gasteiger partial charge on any atom is 0.0477 e. The van der Waals surface area contributed by atoms with Crippen LogP contribution in [0.5, 0.6) is 0 Å². The van der Waals surface area contributed by atoms with E-state index in [0.717, 1.165) is 19.4 Å². The molecule has 84 valence electrons. The Morgan fingerprint density at radius 2 is 1.80 bits per heavy atom. The van der Waals surface area contributed by atoms with E-state index in [1.54, 1.807) is 7.11 Å². The molecule has 1 unspecified atom stereocenters. The number of rotatable bonds is 5. The first-order valence-corrected chi connectivity index (χ1v) is 5.43. The normalized spacial score (nSPS) is 12.8. The topological polar surface area (TPSA) is 35.2 Å². The Bertz CT molecular complexity index is 289. The van der Waals surface area contributed by atoms with Crippen LogP contribution in [0.3, 0.4) is 0 Å². The molecule has 0 aliphatic rings.